The number of fused-ring (bicyclic) bond motifs is 1. The molecule has 4 heteroatoms. The second-order valence-corrected chi connectivity index (χ2v) is 6.02. The normalized spacial score (nSPS) is 18.5. The van der Waals surface area contributed by atoms with E-state index >= 15 is 0 Å². The number of thioether (sulfide) groups is 1. The molecule has 0 unspecified atom stereocenters. The maximum Gasteiger partial charge on any atom is 0.263 e. The van der Waals surface area contributed by atoms with Gasteiger partial charge < -0.3 is 5.32 Å². The van der Waals surface area contributed by atoms with Gasteiger partial charge in [-0.25, -0.2) is 8.78 Å². The summed E-state index contributed by atoms with van der Waals surface area (Å²) in [6.07, 6.45) is -2.39. The fraction of sp³-hybridized carbons (Fsp3) is 0.455. The fourth-order valence-corrected chi connectivity index (χ4v) is 2.67. The van der Waals surface area contributed by atoms with Crippen LogP contribution in [0.2, 0.25) is 0 Å². The van der Waals surface area contributed by atoms with Gasteiger partial charge in [-0.15, -0.1) is 11.8 Å². The Labute approximate surface area is 92.3 Å². The summed E-state index contributed by atoms with van der Waals surface area (Å²) in [6.45, 7) is 5.07. The topological polar surface area (TPSA) is 12.0 Å². The number of rotatable bonds is 1. The molecule has 0 saturated carbocycles. The first-order valence-electron chi connectivity index (χ1n) is 4.83. The minimum absolute atomic E-state index is 0.0848. The molecule has 0 fully saturated rings. The van der Waals surface area contributed by atoms with Crippen molar-refractivity contribution in [2.24, 2.45) is 0 Å². The van der Waals surface area contributed by atoms with Crippen molar-refractivity contribution in [1.29, 1.82) is 0 Å². The molecule has 82 valence electrons. The van der Waals surface area contributed by atoms with Crippen LogP contribution in [0.4, 0.5) is 14.5 Å². The standard InChI is InChI=1S/C11H13F2NS/c1-11(2)6-14-8-5-7(10(12)13)3-4-9(8)15-11/h3-5,10,14H,6H2,1-2H3. The van der Waals surface area contributed by atoms with Gasteiger partial charge >= 0.3 is 0 Å². The highest BCUT2D eigenvalue weighted by Crippen LogP contribution is 2.42. The van der Waals surface area contributed by atoms with E-state index in [1.54, 1.807) is 23.9 Å². The molecule has 1 heterocycles. The monoisotopic (exact) mass is 229 g/mol. The molecule has 1 aliphatic heterocycles. The Kier molecular flexibility index (Phi) is 2.63. The van der Waals surface area contributed by atoms with Crippen LogP contribution < -0.4 is 5.32 Å². The van der Waals surface area contributed by atoms with E-state index in [1.165, 1.54) is 6.07 Å². The van der Waals surface area contributed by atoms with Gasteiger partial charge in [0, 0.05) is 27.4 Å². The minimum Gasteiger partial charge on any atom is -0.383 e. The van der Waals surface area contributed by atoms with Crippen molar-refractivity contribution in [3.63, 3.8) is 0 Å². The minimum atomic E-state index is -2.39. The van der Waals surface area contributed by atoms with Gasteiger partial charge in [0.1, 0.15) is 0 Å². The van der Waals surface area contributed by atoms with Crippen LogP contribution in [0.5, 0.6) is 0 Å². The molecule has 0 aliphatic carbocycles. The maximum atomic E-state index is 12.5. The molecule has 1 nitrogen and oxygen atoms in total. The van der Waals surface area contributed by atoms with E-state index in [9.17, 15) is 8.78 Å². The van der Waals surface area contributed by atoms with Crippen LogP contribution in [0.15, 0.2) is 23.1 Å². The molecule has 15 heavy (non-hydrogen) atoms. The maximum absolute atomic E-state index is 12.5. The van der Waals surface area contributed by atoms with Crippen molar-refractivity contribution in [1.82, 2.24) is 0 Å². The number of anilines is 1. The third-order valence-electron chi connectivity index (χ3n) is 2.35. The third kappa shape index (κ3) is 2.25. The number of nitrogens with one attached hydrogen (secondary N) is 1. The van der Waals surface area contributed by atoms with Gasteiger partial charge in [-0.05, 0) is 26.0 Å². The van der Waals surface area contributed by atoms with Gasteiger partial charge in [0.2, 0.25) is 0 Å². The van der Waals surface area contributed by atoms with Crippen LogP contribution in [-0.4, -0.2) is 11.3 Å². The predicted octanol–water partition coefficient (Wildman–Crippen LogP) is 3.92. The first-order chi connectivity index (χ1) is 6.98. The fourth-order valence-electron chi connectivity index (χ4n) is 1.55. The summed E-state index contributed by atoms with van der Waals surface area (Å²) in [4.78, 5) is 1.05. The van der Waals surface area contributed by atoms with E-state index in [-0.39, 0.29) is 10.3 Å². The van der Waals surface area contributed by atoms with Gasteiger partial charge in [-0.2, -0.15) is 0 Å². The van der Waals surface area contributed by atoms with E-state index < -0.39 is 6.43 Å². The lowest BCUT2D eigenvalue weighted by molar-refractivity contribution is 0.151. The van der Waals surface area contributed by atoms with Gasteiger partial charge in [0.05, 0.1) is 0 Å². The SMILES string of the molecule is CC1(C)CNc2cc(C(F)F)ccc2S1. The highest BCUT2D eigenvalue weighted by Gasteiger charge is 2.26. The van der Waals surface area contributed by atoms with Gasteiger partial charge in [-0.1, -0.05) is 6.07 Å². The number of halogens is 2. The largest absolute Gasteiger partial charge is 0.383 e. The summed E-state index contributed by atoms with van der Waals surface area (Å²) >= 11 is 1.73. The second-order valence-electron chi connectivity index (χ2n) is 4.27. The molecule has 0 spiro atoms. The van der Waals surface area contributed by atoms with E-state index in [2.05, 4.69) is 19.2 Å². The lowest BCUT2D eigenvalue weighted by atomic mass is 10.1. The molecular formula is C11H13F2NS. The molecular weight excluding hydrogens is 216 g/mol. The van der Waals surface area contributed by atoms with Gasteiger partial charge in [-0.3, -0.25) is 0 Å². The summed E-state index contributed by atoms with van der Waals surface area (Å²) in [6, 6.07) is 4.82. The lowest BCUT2D eigenvalue weighted by Crippen LogP contribution is -2.29. The number of alkyl halides is 2. The molecule has 0 aromatic heterocycles. The zero-order valence-electron chi connectivity index (χ0n) is 8.68. The van der Waals surface area contributed by atoms with Crippen LogP contribution in [0, 0.1) is 0 Å². The molecule has 0 saturated heterocycles. The summed E-state index contributed by atoms with van der Waals surface area (Å²) in [5.41, 5.74) is 0.915. The third-order valence-corrected chi connectivity index (χ3v) is 3.62. The van der Waals surface area contributed by atoms with Gasteiger partial charge in [0.15, 0.2) is 0 Å². The van der Waals surface area contributed by atoms with Crippen LogP contribution >= 0.6 is 11.8 Å². The molecule has 1 N–H and O–H groups in total. The lowest BCUT2D eigenvalue weighted by Gasteiger charge is -2.31. The molecule has 1 aromatic rings. The van der Waals surface area contributed by atoms with Crippen molar-refractivity contribution >= 4 is 17.4 Å². The van der Waals surface area contributed by atoms with Crippen molar-refractivity contribution in [2.45, 2.75) is 29.9 Å². The van der Waals surface area contributed by atoms with E-state index in [0.717, 1.165) is 17.1 Å². The van der Waals surface area contributed by atoms with Crippen molar-refractivity contribution in [3.05, 3.63) is 23.8 Å². The quantitative estimate of drug-likeness (QED) is 0.783. The first kappa shape index (κ1) is 10.7. The zero-order valence-corrected chi connectivity index (χ0v) is 9.50. The Bertz CT molecular complexity index is 377. The average Bonchev–Trinajstić information content (AvgIpc) is 2.15. The molecule has 0 bridgehead atoms. The highest BCUT2D eigenvalue weighted by molar-refractivity contribution is 8.00. The Morgan fingerprint density at radius 3 is 2.80 bits per heavy atom. The van der Waals surface area contributed by atoms with E-state index in [1.807, 2.05) is 0 Å². The van der Waals surface area contributed by atoms with Crippen LogP contribution in [0.3, 0.4) is 0 Å². The molecule has 0 atom stereocenters. The first-order valence-corrected chi connectivity index (χ1v) is 5.64. The van der Waals surface area contributed by atoms with Crippen molar-refractivity contribution in [3.8, 4) is 0 Å². The summed E-state index contributed by atoms with van der Waals surface area (Å²) in [5.74, 6) is 0. The van der Waals surface area contributed by atoms with Gasteiger partial charge in [0.25, 0.3) is 6.43 Å². The molecule has 1 aliphatic rings. The van der Waals surface area contributed by atoms with E-state index in [0.29, 0.717) is 0 Å². The number of hydrogen-bond donors (Lipinski definition) is 1. The zero-order chi connectivity index (χ0) is 11.1. The summed E-state index contributed by atoms with van der Waals surface area (Å²) in [5, 5.41) is 3.19. The number of benzene rings is 1. The van der Waals surface area contributed by atoms with Crippen LogP contribution in [-0.2, 0) is 0 Å². The highest BCUT2D eigenvalue weighted by atomic mass is 32.2. The smallest absolute Gasteiger partial charge is 0.263 e. The van der Waals surface area contributed by atoms with E-state index in [4.69, 9.17) is 0 Å². The number of hydrogen-bond acceptors (Lipinski definition) is 2. The van der Waals surface area contributed by atoms with Crippen molar-refractivity contribution in [2.75, 3.05) is 11.9 Å². The Morgan fingerprint density at radius 2 is 2.13 bits per heavy atom. The van der Waals surface area contributed by atoms with Crippen LogP contribution in [0.25, 0.3) is 0 Å². The Morgan fingerprint density at radius 1 is 1.40 bits per heavy atom. The summed E-state index contributed by atoms with van der Waals surface area (Å²) in [7, 11) is 0. The second kappa shape index (κ2) is 3.67. The molecule has 2 rings (SSSR count). The Balaban J connectivity index is 2.32. The molecule has 1 aromatic carbocycles. The summed E-state index contributed by atoms with van der Waals surface area (Å²) < 4.78 is 25.0. The van der Waals surface area contributed by atoms with Crippen LogP contribution in [0.1, 0.15) is 25.8 Å². The predicted molar refractivity (Wildman–Crippen MR) is 59.8 cm³/mol. The Hall–Kier alpha value is -0.770. The molecule has 0 amide bonds. The molecule has 0 radical (unpaired) electrons. The van der Waals surface area contributed by atoms with Crippen molar-refractivity contribution < 1.29 is 8.78 Å². The average molecular weight is 229 g/mol.